The summed E-state index contributed by atoms with van der Waals surface area (Å²) in [6.07, 6.45) is 1.29. The van der Waals surface area contributed by atoms with Crippen LogP contribution in [0.15, 0.2) is 29.2 Å². The first-order chi connectivity index (χ1) is 8.08. The van der Waals surface area contributed by atoms with Crippen LogP contribution in [-0.4, -0.2) is 27.6 Å². The molecule has 0 aliphatic carbocycles. The summed E-state index contributed by atoms with van der Waals surface area (Å²) in [6.45, 7) is 3.55. The number of piperidine rings is 1. The summed E-state index contributed by atoms with van der Waals surface area (Å²) in [7, 11) is -3.60. The number of nitrogens with one attached hydrogen (secondary N) is 1. The lowest BCUT2D eigenvalue weighted by atomic mass is 10.1. The van der Waals surface area contributed by atoms with Gasteiger partial charge in [0.25, 0.3) is 10.1 Å². The highest BCUT2D eigenvalue weighted by atomic mass is 35.5. The molecule has 0 amide bonds. The highest BCUT2D eigenvalue weighted by molar-refractivity contribution is 7.86. The van der Waals surface area contributed by atoms with Crippen LogP contribution in [0.2, 0.25) is 0 Å². The van der Waals surface area contributed by atoms with Crippen molar-refractivity contribution in [3.05, 3.63) is 29.8 Å². The van der Waals surface area contributed by atoms with Gasteiger partial charge in [-0.15, -0.1) is 12.4 Å². The monoisotopic (exact) mass is 291 g/mol. The second-order valence-electron chi connectivity index (χ2n) is 4.31. The summed E-state index contributed by atoms with van der Waals surface area (Å²) in [6, 6.07) is 6.73. The minimum absolute atomic E-state index is 0. The molecule has 1 aliphatic heterocycles. The SMILES string of the molecule is Cc1ccc(S(=O)(=O)OC2CCNCC2)cc1.Cl. The summed E-state index contributed by atoms with van der Waals surface area (Å²) in [5.74, 6) is 0. The molecule has 4 nitrogen and oxygen atoms in total. The van der Waals surface area contributed by atoms with Crippen LogP contribution in [0.4, 0.5) is 0 Å². The quantitative estimate of drug-likeness (QED) is 0.864. The summed E-state index contributed by atoms with van der Waals surface area (Å²) in [5, 5.41) is 3.17. The molecule has 0 radical (unpaired) electrons. The van der Waals surface area contributed by atoms with Gasteiger partial charge in [0.1, 0.15) is 0 Å². The summed E-state index contributed by atoms with van der Waals surface area (Å²) in [5.41, 5.74) is 1.03. The Hall–Kier alpha value is -0.620. The van der Waals surface area contributed by atoms with Crippen molar-refractivity contribution in [2.24, 2.45) is 0 Å². The van der Waals surface area contributed by atoms with E-state index in [1.807, 2.05) is 6.92 Å². The Bertz CT molecular complexity index is 467. The van der Waals surface area contributed by atoms with Crippen molar-refractivity contribution in [2.45, 2.75) is 30.8 Å². The Labute approximate surface area is 114 Å². The maximum atomic E-state index is 12.0. The van der Waals surface area contributed by atoms with E-state index in [1.165, 1.54) is 0 Å². The lowest BCUT2D eigenvalue weighted by Gasteiger charge is -2.22. The van der Waals surface area contributed by atoms with Crippen LogP contribution in [0.5, 0.6) is 0 Å². The Morgan fingerprint density at radius 3 is 2.28 bits per heavy atom. The summed E-state index contributed by atoms with van der Waals surface area (Å²) >= 11 is 0. The summed E-state index contributed by atoms with van der Waals surface area (Å²) < 4.78 is 29.2. The Kier molecular flexibility index (Phi) is 5.59. The van der Waals surface area contributed by atoms with Gasteiger partial charge in [0.05, 0.1) is 11.0 Å². The maximum Gasteiger partial charge on any atom is 0.297 e. The fourth-order valence-electron chi connectivity index (χ4n) is 1.83. The fraction of sp³-hybridized carbons (Fsp3) is 0.500. The molecule has 1 N–H and O–H groups in total. The number of hydrogen-bond acceptors (Lipinski definition) is 4. The van der Waals surface area contributed by atoms with Gasteiger partial charge in [-0.25, -0.2) is 0 Å². The van der Waals surface area contributed by atoms with Gasteiger partial charge in [-0.05, 0) is 45.0 Å². The topological polar surface area (TPSA) is 55.4 Å². The first-order valence-electron chi connectivity index (χ1n) is 5.78. The molecule has 1 saturated heterocycles. The maximum absolute atomic E-state index is 12.0. The third-order valence-corrected chi connectivity index (χ3v) is 4.23. The highest BCUT2D eigenvalue weighted by Gasteiger charge is 2.23. The molecule has 1 aromatic rings. The van der Waals surface area contributed by atoms with Crippen molar-refractivity contribution in [1.29, 1.82) is 0 Å². The number of rotatable bonds is 3. The number of halogens is 1. The van der Waals surface area contributed by atoms with E-state index >= 15 is 0 Å². The molecule has 0 unspecified atom stereocenters. The lowest BCUT2D eigenvalue weighted by Crippen LogP contribution is -2.33. The zero-order chi connectivity index (χ0) is 12.3. The average molecular weight is 292 g/mol. The minimum Gasteiger partial charge on any atom is -0.317 e. The van der Waals surface area contributed by atoms with Crippen molar-refractivity contribution in [1.82, 2.24) is 5.32 Å². The highest BCUT2D eigenvalue weighted by Crippen LogP contribution is 2.18. The van der Waals surface area contributed by atoms with E-state index < -0.39 is 10.1 Å². The van der Waals surface area contributed by atoms with Crippen LogP contribution >= 0.6 is 12.4 Å². The molecule has 0 saturated carbocycles. The van der Waals surface area contributed by atoms with Gasteiger partial charge in [0.2, 0.25) is 0 Å². The van der Waals surface area contributed by atoms with Crippen molar-refractivity contribution in [3.63, 3.8) is 0 Å². The van der Waals surface area contributed by atoms with E-state index in [-0.39, 0.29) is 23.4 Å². The van der Waals surface area contributed by atoms with Crippen LogP contribution in [-0.2, 0) is 14.3 Å². The van der Waals surface area contributed by atoms with Crippen LogP contribution in [0.1, 0.15) is 18.4 Å². The lowest BCUT2D eigenvalue weighted by molar-refractivity contribution is 0.170. The second kappa shape index (κ2) is 6.52. The molecule has 0 spiro atoms. The normalized spacial score (nSPS) is 17.2. The first kappa shape index (κ1) is 15.4. The Balaban J connectivity index is 0.00000162. The molecule has 6 heteroatoms. The molecule has 1 heterocycles. The van der Waals surface area contributed by atoms with Gasteiger partial charge >= 0.3 is 0 Å². The molecule has 102 valence electrons. The van der Waals surface area contributed by atoms with Crippen LogP contribution in [0.3, 0.4) is 0 Å². The zero-order valence-electron chi connectivity index (χ0n) is 10.3. The molecule has 1 fully saturated rings. The molecule has 18 heavy (non-hydrogen) atoms. The van der Waals surface area contributed by atoms with Crippen molar-refractivity contribution in [2.75, 3.05) is 13.1 Å². The average Bonchev–Trinajstić information content (AvgIpc) is 2.30. The van der Waals surface area contributed by atoms with Crippen molar-refractivity contribution in [3.8, 4) is 0 Å². The van der Waals surface area contributed by atoms with Crippen LogP contribution < -0.4 is 5.32 Å². The van der Waals surface area contributed by atoms with E-state index in [0.717, 1.165) is 31.5 Å². The second-order valence-corrected chi connectivity index (χ2v) is 5.88. The minimum atomic E-state index is -3.60. The van der Waals surface area contributed by atoms with E-state index in [2.05, 4.69) is 5.32 Å². The third kappa shape index (κ3) is 3.95. The molecule has 0 aromatic heterocycles. The largest absolute Gasteiger partial charge is 0.317 e. The van der Waals surface area contributed by atoms with E-state index in [4.69, 9.17) is 4.18 Å². The Morgan fingerprint density at radius 1 is 1.17 bits per heavy atom. The molecular weight excluding hydrogens is 274 g/mol. The van der Waals surface area contributed by atoms with Gasteiger partial charge in [-0.1, -0.05) is 17.7 Å². The van der Waals surface area contributed by atoms with Gasteiger partial charge in [0, 0.05) is 0 Å². The Morgan fingerprint density at radius 2 is 1.72 bits per heavy atom. The van der Waals surface area contributed by atoms with E-state index in [1.54, 1.807) is 24.3 Å². The smallest absolute Gasteiger partial charge is 0.297 e. The first-order valence-corrected chi connectivity index (χ1v) is 7.19. The predicted octanol–water partition coefficient (Wildman–Crippen LogP) is 1.87. The van der Waals surface area contributed by atoms with Gasteiger partial charge in [0.15, 0.2) is 0 Å². The number of aryl methyl sites for hydroxylation is 1. The molecule has 1 aliphatic rings. The van der Waals surface area contributed by atoms with Crippen LogP contribution in [0, 0.1) is 6.92 Å². The standard InChI is InChI=1S/C12H17NO3S.ClH/c1-10-2-4-12(5-3-10)17(14,15)16-11-6-8-13-9-7-11;/h2-5,11,13H,6-9H2,1H3;1H. The number of hydrogen-bond donors (Lipinski definition) is 1. The zero-order valence-corrected chi connectivity index (χ0v) is 11.9. The van der Waals surface area contributed by atoms with Crippen molar-refractivity contribution < 1.29 is 12.6 Å². The number of benzene rings is 1. The molecule has 0 atom stereocenters. The van der Waals surface area contributed by atoms with Crippen LogP contribution in [0.25, 0.3) is 0 Å². The summed E-state index contributed by atoms with van der Waals surface area (Å²) in [4.78, 5) is 0.238. The predicted molar refractivity (Wildman–Crippen MR) is 72.6 cm³/mol. The molecule has 0 bridgehead atoms. The van der Waals surface area contributed by atoms with Crippen molar-refractivity contribution >= 4 is 22.5 Å². The van der Waals surface area contributed by atoms with Gasteiger partial charge in [-0.2, -0.15) is 8.42 Å². The third-order valence-electron chi connectivity index (χ3n) is 2.86. The van der Waals surface area contributed by atoms with Gasteiger partial charge in [-0.3, -0.25) is 4.18 Å². The fourth-order valence-corrected chi connectivity index (χ4v) is 2.96. The van der Waals surface area contributed by atoms with E-state index in [9.17, 15) is 8.42 Å². The van der Waals surface area contributed by atoms with Gasteiger partial charge < -0.3 is 5.32 Å². The molecule has 2 rings (SSSR count). The van der Waals surface area contributed by atoms with E-state index in [0.29, 0.717) is 0 Å². The molecule has 1 aromatic carbocycles. The molecular formula is C12H18ClNO3S.